The summed E-state index contributed by atoms with van der Waals surface area (Å²) in [6.45, 7) is 12.2. The molecule has 0 heterocycles. The Hall–Kier alpha value is -1.33. The Morgan fingerprint density at radius 3 is 2.36 bits per heavy atom. The second kappa shape index (κ2) is 7.79. The summed E-state index contributed by atoms with van der Waals surface area (Å²) in [7, 11) is 0.641. The molecule has 0 amide bonds. The molecule has 1 atom stereocenters. The predicted octanol–water partition coefficient (Wildman–Crippen LogP) is 4.21. The number of hydrogen-bond acceptors (Lipinski definition) is 4. The van der Waals surface area contributed by atoms with Gasteiger partial charge in [0.15, 0.2) is 0 Å². The molecule has 0 aliphatic heterocycles. The Kier molecular flexibility index (Phi) is 6.62. The van der Waals surface area contributed by atoms with Gasteiger partial charge in [0.05, 0.1) is 7.11 Å². The zero-order valence-corrected chi connectivity index (χ0v) is 15.6. The summed E-state index contributed by atoms with van der Waals surface area (Å²) in [6, 6.07) is 5.86. The van der Waals surface area contributed by atoms with Crippen LogP contribution < -0.4 is 4.74 Å². The van der Waals surface area contributed by atoms with E-state index in [0.29, 0.717) is 6.42 Å². The minimum atomic E-state index is -1.01. The third-order valence-electron chi connectivity index (χ3n) is 3.18. The maximum atomic E-state index is 11.6. The molecule has 123 valence electrons. The minimum Gasteiger partial charge on any atom is -0.496 e. The lowest BCUT2D eigenvalue weighted by atomic mass is 9.86. The molecule has 0 fully saturated rings. The number of hydrogen-bond donors (Lipinski definition) is 0. The molecule has 1 rings (SSSR count). The average molecular weight is 323 g/mol. The molecule has 0 N–H and O–H groups in total. The molecule has 0 saturated heterocycles. The molecule has 1 unspecified atom stereocenters. The van der Waals surface area contributed by atoms with Crippen molar-refractivity contribution in [3.8, 4) is 5.75 Å². The Balaban J connectivity index is 3.17. The van der Waals surface area contributed by atoms with Crippen molar-refractivity contribution in [2.45, 2.75) is 58.9 Å². The van der Waals surface area contributed by atoms with Gasteiger partial charge in [0.25, 0.3) is 0 Å². The molecule has 5 heteroatoms. The number of benzene rings is 1. The van der Waals surface area contributed by atoms with E-state index < -0.39 is 15.3 Å². The topological polar surface area (TPSA) is 44.8 Å². The van der Waals surface area contributed by atoms with Crippen LogP contribution in [0.1, 0.15) is 51.5 Å². The number of ether oxygens (including phenoxy) is 2. The Labute approximate surface area is 135 Å². The third kappa shape index (κ3) is 5.14. The van der Waals surface area contributed by atoms with Gasteiger partial charge in [0.2, 0.25) is 15.3 Å². The fourth-order valence-electron chi connectivity index (χ4n) is 2.05. The van der Waals surface area contributed by atoms with Crippen molar-refractivity contribution >= 4 is 15.0 Å². The van der Waals surface area contributed by atoms with Gasteiger partial charge in [-0.3, -0.25) is 4.79 Å². The Bertz CT molecular complexity index is 506. The van der Waals surface area contributed by atoms with Gasteiger partial charge in [-0.15, -0.1) is 0 Å². The van der Waals surface area contributed by atoms with Gasteiger partial charge in [-0.1, -0.05) is 39.8 Å². The summed E-state index contributed by atoms with van der Waals surface area (Å²) in [6.07, 6.45) is -0.341. The fourth-order valence-corrected chi connectivity index (χ4v) is 2.66. The summed E-state index contributed by atoms with van der Waals surface area (Å²) in [5.41, 5.74) is 1.89. The maximum absolute atomic E-state index is 11.6. The van der Waals surface area contributed by atoms with Gasteiger partial charge in [0.1, 0.15) is 5.75 Å². The Morgan fingerprint density at radius 2 is 1.91 bits per heavy atom. The second-order valence-electron chi connectivity index (χ2n) is 6.41. The van der Waals surface area contributed by atoms with Gasteiger partial charge in [-0.25, -0.2) is 0 Å². The maximum Gasteiger partial charge on any atom is 0.308 e. The van der Waals surface area contributed by atoms with Crippen LogP contribution in [0.5, 0.6) is 5.75 Å². The average Bonchev–Trinajstić information content (AvgIpc) is 2.44. The first-order valence-electron chi connectivity index (χ1n) is 7.53. The second-order valence-corrected chi connectivity index (χ2v) is 8.46. The van der Waals surface area contributed by atoms with E-state index in [-0.39, 0.29) is 11.4 Å². The van der Waals surface area contributed by atoms with Crippen LogP contribution in [-0.4, -0.2) is 22.1 Å². The van der Waals surface area contributed by atoms with Gasteiger partial charge < -0.3 is 13.9 Å². The number of methoxy groups -OCH3 is 1. The molecule has 0 aromatic heterocycles. The van der Waals surface area contributed by atoms with Crippen molar-refractivity contribution < 1.29 is 18.7 Å². The number of rotatable bonds is 6. The highest BCUT2D eigenvalue weighted by Crippen LogP contribution is 2.34. The highest BCUT2D eigenvalue weighted by Gasteiger charge is 2.23. The van der Waals surface area contributed by atoms with Gasteiger partial charge >= 0.3 is 5.97 Å². The van der Waals surface area contributed by atoms with Crippen molar-refractivity contribution in [1.29, 1.82) is 0 Å². The van der Waals surface area contributed by atoms with E-state index in [2.05, 4.69) is 20.8 Å². The van der Waals surface area contributed by atoms with Crippen LogP contribution in [-0.2, 0) is 19.4 Å². The van der Waals surface area contributed by atoms with Crippen molar-refractivity contribution in [2.24, 2.45) is 0 Å². The molecule has 1 aromatic carbocycles. The van der Waals surface area contributed by atoms with Gasteiger partial charge in [-0.05, 0) is 30.1 Å². The molecule has 0 bridgehead atoms. The molecular weight excluding hydrogens is 296 g/mol. The first-order valence-corrected chi connectivity index (χ1v) is 9.94. The lowest BCUT2D eigenvalue weighted by Crippen LogP contribution is -2.20. The quantitative estimate of drug-likeness (QED) is 0.447. The minimum absolute atomic E-state index is 0.0230. The monoisotopic (exact) mass is 323 g/mol. The predicted molar refractivity (Wildman–Crippen MR) is 89.4 cm³/mol. The van der Waals surface area contributed by atoms with Gasteiger partial charge in [0, 0.05) is 12.0 Å². The number of carbonyl (C=O) groups excluding carboxylic acids is 1. The molecule has 1 radical (unpaired) electrons. The Morgan fingerprint density at radius 1 is 1.27 bits per heavy atom. The van der Waals surface area contributed by atoms with Crippen LogP contribution in [0.25, 0.3) is 0 Å². The highest BCUT2D eigenvalue weighted by atomic mass is 28.3. The summed E-state index contributed by atoms with van der Waals surface area (Å²) in [5, 5.41) is 0. The first kappa shape index (κ1) is 18.7. The summed E-state index contributed by atoms with van der Waals surface area (Å²) in [4.78, 5) is 11.6. The SMILES string of the molecule is CCC(=O)OC(O[Si](C)C)c1ccc(C(C)(C)C)c(OC)c1. The molecule has 0 aliphatic carbocycles. The summed E-state index contributed by atoms with van der Waals surface area (Å²) < 4.78 is 16.8. The number of carbonyl (C=O) groups is 1. The van der Waals surface area contributed by atoms with Crippen LogP contribution in [0.4, 0.5) is 0 Å². The molecule has 0 aliphatic rings. The lowest BCUT2D eigenvalue weighted by Gasteiger charge is -2.25. The first-order chi connectivity index (χ1) is 10.2. The zero-order valence-electron chi connectivity index (χ0n) is 14.6. The number of esters is 1. The summed E-state index contributed by atoms with van der Waals surface area (Å²) >= 11 is 0. The molecule has 1 aromatic rings. The molecule has 0 spiro atoms. The smallest absolute Gasteiger partial charge is 0.308 e. The largest absolute Gasteiger partial charge is 0.496 e. The third-order valence-corrected chi connectivity index (χ3v) is 3.86. The van der Waals surface area contributed by atoms with Gasteiger partial charge in [-0.2, -0.15) is 0 Å². The zero-order chi connectivity index (χ0) is 16.9. The normalized spacial score (nSPS) is 13.1. The molecule has 4 nitrogen and oxygen atoms in total. The van der Waals surface area contributed by atoms with Crippen molar-refractivity contribution in [3.05, 3.63) is 29.3 Å². The van der Waals surface area contributed by atoms with Crippen molar-refractivity contribution in [3.63, 3.8) is 0 Å². The molecular formula is C17H27O4Si. The van der Waals surface area contributed by atoms with Crippen molar-refractivity contribution in [2.75, 3.05) is 7.11 Å². The van der Waals surface area contributed by atoms with E-state index in [0.717, 1.165) is 16.9 Å². The van der Waals surface area contributed by atoms with Crippen molar-refractivity contribution in [1.82, 2.24) is 0 Å². The van der Waals surface area contributed by atoms with Crippen LogP contribution >= 0.6 is 0 Å². The van der Waals surface area contributed by atoms with Crippen LogP contribution in [0, 0.1) is 0 Å². The summed E-state index contributed by atoms with van der Waals surface area (Å²) in [5.74, 6) is 0.513. The van der Waals surface area contributed by atoms with Crippen LogP contribution in [0.3, 0.4) is 0 Å². The van der Waals surface area contributed by atoms with E-state index in [9.17, 15) is 4.79 Å². The fraction of sp³-hybridized carbons (Fsp3) is 0.588. The van der Waals surface area contributed by atoms with E-state index >= 15 is 0 Å². The van der Waals surface area contributed by atoms with E-state index in [1.165, 1.54) is 0 Å². The van der Waals surface area contributed by atoms with Crippen LogP contribution in [0.15, 0.2) is 18.2 Å². The molecule has 22 heavy (non-hydrogen) atoms. The lowest BCUT2D eigenvalue weighted by molar-refractivity contribution is -0.165. The highest BCUT2D eigenvalue weighted by molar-refractivity contribution is 6.48. The van der Waals surface area contributed by atoms with E-state index in [1.807, 2.05) is 31.3 Å². The van der Waals surface area contributed by atoms with Crippen LogP contribution in [0.2, 0.25) is 13.1 Å². The standard InChI is InChI=1S/C17H27O4Si/c1-8-15(18)20-16(21-22(6)7)12-9-10-13(17(2,3)4)14(11-12)19-5/h9-11,16H,8H2,1-7H3. The molecule has 0 saturated carbocycles. The van der Waals surface area contributed by atoms with E-state index in [1.54, 1.807) is 14.0 Å². The van der Waals surface area contributed by atoms with E-state index in [4.69, 9.17) is 13.9 Å².